The number of methoxy groups -OCH3 is 1. The van der Waals surface area contributed by atoms with E-state index in [1.165, 1.54) is 7.11 Å². The molecule has 0 spiro atoms. The first-order chi connectivity index (χ1) is 16.7. The van der Waals surface area contributed by atoms with Gasteiger partial charge in [-0.05, 0) is 67.9 Å². The molecule has 0 radical (unpaired) electrons. The second-order valence-corrected chi connectivity index (χ2v) is 24.1. The Bertz CT molecular complexity index is 836. The molecule has 5 nitrogen and oxygen atoms in total. The second kappa shape index (κ2) is 11.8. The van der Waals surface area contributed by atoms with Gasteiger partial charge in [0.15, 0.2) is 16.6 Å². The highest BCUT2D eigenvalue weighted by atomic mass is 28.4. The van der Waals surface area contributed by atoms with Gasteiger partial charge in [0.25, 0.3) is 0 Å². The standard InChI is InChI=1S/C30H56O5Si2/c1-20(34-36(10,11)29(3,4)5)14-15-22-16-17-24-26(23(22)18-19-25(31)33-9)27(32)21(2)28(24)35-37(12,13)30(6,7)8/h16-24,26-28,32H,14-15H2,1-13H3/b19-18+/t20?,21-,22-,23+,24+,26-,27-,28+/m1/s1. The molecule has 0 aromatic rings. The van der Waals surface area contributed by atoms with Crippen molar-refractivity contribution in [1.82, 2.24) is 0 Å². The number of rotatable bonds is 9. The van der Waals surface area contributed by atoms with Crippen molar-refractivity contribution >= 4 is 22.6 Å². The van der Waals surface area contributed by atoms with Crippen LogP contribution in [0.1, 0.15) is 68.2 Å². The van der Waals surface area contributed by atoms with E-state index in [2.05, 4.69) is 93.7 Å². The summed E-state index contributed by atoms with van der Waals surface area (Å²) in [5, 5.41) is 11.8. The topological polar surface area (TPSA) is 65.0 Å². The maximum Gasteiger partial charge on any atom is 0.330 e. The maximum atomic E-state index is 12.1. The third kappa shape index (κ3) is 7.47. The van der Waals surface area contributed by atoms with Gasteiger partial charge in [0.05, 0.1) is 19.3 Å². The van der Waals surface area contributed by atoms with Crippen LogP contribution in [-0.2, 0) is 18.4 Å². The Hall–Kier alpha value is -0.736. The van der Waals surface area contributed by atoms with Crippen LogP contribution in [0.4, 0.5) is 0 Å². The van der Waals surface area contributed by atoms with Crippen molar-refractivity contribution in [1.29, 1.82) is 0 Å². The summed E-state index contributed by atoms with van der Waals surface area (Å²) < 4.78 is 18.5. The first kappa shape index (κ1) is 32.5. The smallest absolute Gasteiger partial charge is 0.330 e. The molecule has 214 valence electrons. The summed E-state index contributed by atoms with van der Waals surface area (Å²) in [6.45, 7) is 27.1. The predicted octanol–water partition coefficient (Wildman–Crippen LogP) is 7.34. The maximum absolute atomic E-state index is 12.1. The van der Waals surface area contributed by atoms with E-state index in [4.69, 9.17) is 13.6 Å². The van der Waals surface area contributed by atoms with Crippen molar-refractivity contribution in [2.24, 2.45) is 29.6 Å². The van der Waals surface area contributed by atoms with Gasteiger partial charge < -0.3 is 18.7 Å². The molecule has 1 unspecified atom stereocenters. The minimum atomic E-state index is -2.02. The van der Waals surface area contributed by atoms with E-state index in [1.807, 2.05) is 6.08 Å². The Morgan fingerprint density at radius 2 is 1.59 bits per heavy atom. The van der Waals surface area contributed by atoms with Gasteiger partial charge in [0, 0.05) is 29.9 Å². The summed E-state index contributed by atoms with van der Waals surface area (Å²) >= 11 is 0. The van der Waals surface area contributed by atoms with Gasteiger partial charge in [-0.1, -0.05) is 66.7 Å². The van der Waals surface area contributed by atoms with E-state index in [0.717, 1.165) is 12.8 Å². The molecular formula is C30H56O5Si2. The number of ether oxygens (including phenoxy) is 1. The number of allylic oxidation sites excluding steroid dienone is 2. The van der Waals surface area contributed by atoms with Gasteiger partial charge in [-0.15, -0.1) is 0 Å². The molecule has 7 heteroatoms. The Morgan fingerprint density at radius 1 is 1.03 bits per heavy atom. The molecule has 0 saturated heterocycles. The Morgan fingerprint density at radius 3 is 2.11 bits per heavy atom. The molecule has 37 heavy (non-hydrogen) atoms. The van der Waals surface area contributed by atoms with Crippen LogP contribution < -0.4 is 0 Å². The summed E-state index contributed by atoms with van der Waals surface area (Å²) in [6.07, 6.45) is 9.70. The molecule has 0 heterocycles. The largest absolute Gasteiger partial charge is 0.466 e. The highest BCUT2D eigenvalue weighted by molar-refractivity contribution is 6.74. The minimum absolute atomic E-state index is 0.0114. The van der Waals surface area contributed by atoms with Gasteiger partial charge in [0.2, 0.25) is 0 Å². The Kier molecular flexibility index (Phi) is 10.3. The molecule has 2 rings (SSSR count). The number of carbonyl (C=O) groups is 1. The lowest BCUT2D eigenvalue weighted by atomic mass is 9.69. The van der Waals surface area contributed by atoms with Gasteiger partial charge in [0.1, 0.15) is 0 Å². The lowest BCUT2D eigenvalue weighted by molar-refractivity contribution is -0.134. The van der Waals surface area contributed by atoms with Crippen LogP contribution in [0.2, 0.25) is 36.3 Å². The third-order valence-electron chi connectivity index (χ3n) is 9.90. The van der Waals surface area contributed by atoms with Crippen molar-refractivity contribution < 1.29 is 23.5 Å². The zero-order chi connectivity index (χ0) is 28.6. The molecule has 0 aliphatic heterocycles. The number of hydrogen-bond acceptors (Lipinski definition) is 5. The summed E-state index contributed by atoms with van der Waals surface area (Å²) in [6, 6.07) is 0. The fourth-order valence-electron chi connectivity index (χ4n) is 5.44. The summed E-state index contributed by atoms with van der Waals surface area (Å²) in [7, 11) is -2.45. The van der Waals surface area contributed by atoms with Gasteiger partial charge in [-0.3, -0.25) is 0 Å². The molecule has 0 aromatic heterocycles. The van der Waals surface area contributed by atoms with Crippen LogP contribution in [-0.4, -0.2) is 53.1 Å². The number of aliphatic hydroxyl groups excluding tert-OH is 1. The number of esters is 1. The SMILES string of the molecule is COC(=O)/C=C/[C@@H]1[C@H]2[C@H](O)[C@@H](C)[C@H](O[Si](C)(C)C(C)(C)C)[C@H]2C=C[C@H]1CCC(C)O[Si](C)(C)C(C)(C)C. The molecule has 0 bridgehead atoms. The van der Waals surface area contributed by atoms with Gasteiger partial charge in [-0.2, -0.15) is 0 Å². The van der Waals surface area contributed by atoms with Crippen LogP contribution in [0, 0.1) is 29.6 Å². The minimum Gasteiger partial charge on any atom is -0.466 e. The first-order valence-corrected chi connectivity index (χ1v) is 20.0. The quantitative estimate of drug-likeness (QED) is 0.140. The molecule has 8 atom stereocenters. The van der Waals surface area contributed by atoms with Crippen LogP contribution in [0.3, 0.4) is 0 Å². The average molecular weight is 553 g/mol. The molecule has 1 fully saturated rings. The monoisotopic (exact) mass is 552 g/mol. The first-order valence-electron chi connectivity index (χ1n) is 14.2. The molecule has 2 aliphatic rings. The highest BCUT2D eigenvalue weighted by Crippen LogP contribution is 2.52. The van der Waals surface area contributed by atoms with Gasteiger partial charge in [-0.25, -0.2) is 4.79 Å². The molecule has 0 amide bonds. The fraction of sp³-hybridized carbons (Fsp3) is 0.833. The Balaban J connectivity index is 2.30. The molecule has 0 aromatic carbocycles. The van der Waals surface area contributed by atoms with Gasteiger partial charge >= 0.3 is 5.97 Å². The van der Waals surface area contributed by atoms with Crippen molar-refractivity contribution in [3.05, 3.63) is 24.3 Å². The summed E-state index contributed by atoms with van der Waals surface area (Å²) in [5.74, 6) is 0.0816. The summed E-state index contributed by atoms with van der Waals surface area (Å²) in [5.41, 5.74) is 0. The van der Waals surface area contributed by atoms with E-state index in [0.29, 0.717) is 0 Å². The normalized spacial score (nSPS) is 32.0. The average Bonchev–Trinajstić information content (AvgIpc) is 2.98. The lowest BCUT2D eigenvalue weighted by Gasteiger charge is -2.42. The lowest BCUT2D eigenvalue weighted by Crippen LogP contribution is -2.46. The van der Waals surface area contributed by atoms with E-state index in [-0.39, 0.29) is 57.8 Å². The van der Waals surface area contributed by atoms with Crippen LogP contribution >= 0.6 is 0 Å². The third-order valence-corrected chi connectivity index (χ3v) is 19.0. The van der Waals surface area contributed by atoms with E-state index in [9.17, 15) is 9.90 Å². The number of aliphatic hydroxyl groups is 1. The van der Waals surface area contributed by atoms with Crippen LogP contribution in [0.5, 0.6) is 0 Å². The van der Waals surface area contributed by atoms with E-state index < -0.39 is 22.7 Å². The number of fused-ring (bicyclic) bond motifs is 1. The number of carbonyl (C=O) groups excluding carboxylic acids is 1. The zero-order valence-electron chi connectivity index (χ0n) is 25.9. The van der Waals surface area contributed by atoms with E-state index >= 15 is 0 Å². The van der Waals surface area contributed by atoms with Crippen molar-refractivity contribution in [2.75, 3.05) is 7.11 Å². The van der Waals surface area contributed by atoms with Crippen molar-refractivity contribution in [3.63, 3.8) is 0 Å². The molecule has 1 N–H and O–H groups in total. The fourth-order valence-corrected chi connectivity index (χ4v) is 8.32. The van der Waals surface area contributed by atoms with Crippen molar-refractivity contribution in [3.8, 4) is 0 Å². The zero-order valence-corrected chi connectivity index (χ0v) is 27.9. The molecular weight excluding hydrogens is 496 g/mol. The van der Waals surface area contributed by atoms with Crippen LogP contribution in [0.25, 0.3) is 0 Å². The number of hydrogen-bond donors (Lipinski definition) is 1. The van der Waals surface area contributed by atoms with Crippen molar-refractivity contribution in [2.45, 2.75) is 123 Å². The van der Waals surface area contributed by atoms with E-state index in [1.54, 1.807) is 6.08 Å². The Labute approximate surface area is 229 Å². The predicted molar refractivity (Wildman–Crippen MR) is 158 cm³/mol. The molecule has 1 saturated carbocycles. The molecule has 2 aliphatic carbocycles. The van der Waals surface area contributed by atoms with Crippen LogP contribution in [0.15, 0.2) is 24.3 Å². The highest BCUT2D eigenvalue weighted by Gasteiger charge is 2.55. The second-order valence-electron chi connectivity index (χ2n) is 14.6. The summed E-state index contributed by atoms with van der Waals surface area (Å²) in [4.78, 5) is 12.1.